The predicted octanol–water partition coefficient (Wildman–Crippen LogP) is 2.90. The lowest BCUT2D eigenvalue weighted by Gasteiger charge is -2.34. The molecule has 8 heteroatoms. The first-order valence-corrected chi connectivity index (χ1v) is 11.8. The first kappa shape index (κ1) is 25.3. The molecule has 2 unspecified atom stereocenters. The minimum atomic E-state index is -0.166. The average Bonchev–Trinajstić information content (AvgIpc) is 2.75. The molecular formula is C22H36IN5OS. The molecule has 1 aromatic carbocycles. The topological polar surface area (TPSA) is 74.0 Å². The van der Waals surface area contributed by atoms with Crippen molar-refractivity contribution in [2.24, 2.45) is 16.6 Å². The van der Waals surface area contributed by atoms with Crippen LogP contribution < -0.4 is 11.1 Å². The molecule has 1 aromatic rings. The average molecular weight is 546 g/mol. The summed E-state index contributed by atoms with van der Waals surface area (Å²) in [5.41, 5.74) is 8.05. The van der Waals surface area contributed by atoms with Crippen molar-refractivity contribution in [3.05, 3.63) is 35.4 Å². The monoisotopic (exact) mass is 545 g/mol. The molecule has 2 heterocycles. The maximum Gasteiger partial charge on any atom is 0.221 e. The Bertz CT molecular complexity index is 717. The largest absolute Gasteiger partial charge is 0.369 e. The van der Waals surface area contributed by atoms with Gasteiger partial charge in [0.05, 0.1) is 5.92 Å². The molecule has 2 saturated heterocycles. The number of aliphatic imine (C=N–C) groups is 1. The Morgan fingerprint density at radius 3 is 2.83 bits per heavy atom. The molecule has 30 heavy (non-hydrogen) atoms. The number of carbonyl (C=O) groups excluding carboxylic acids is 1. The molecule has 0 spiro atoms. The van der Waals surface area contributed by atoms with Gasteiger partial charge in [0, 0.05) is 50.8 Å². The number of rotatable bonds is 6. The third kappa shape index (κ3) is 7.30. The van der Waals surface area contributed by atoms with Crippen LogP contribution in [0.4, 0.5) is 0 Å². The first-order chi connectivity index (χ1) is 14.1. The number of guanidine groups is 1. The Kier molecular flexibility index (Phi) is 10.7. The molecule has 2 fully saturated rings. The SMILES string of the molecule is CCC1CN(C(=NC)NCc2cccc(CN3CCCC(C(N)=O)C3)c2)CCS1.I. The first-order valence-electron chi connectivity index (χ1n) is 10.8. The van der Waals surface area contributed by atoms with Gasteiger partial charge in [-0.05, 0) is 36.9 Å². The second-order valence-electron chi connectivity index (χ2n) is 8.04. The van der Waals surface area contributed by atoms with E-state index in [0.29, 0.717) is 5.25 Å². The van der Waals surface area contributed by atoms with Gasteiger partial charge in [0.15, 0.2) is 5.96 Å². The Morgan fingerprint density at radius 1 is 1.30 bits per heavy atom. The second-order valence-corrected chi connectivity index (χ2v) is 9.45. The third-order valence-corrected chi connectivity index (χ3v) is 7.23. The minimum Gasteiger partial charge on any atom is -0.369 e. The van der Waals surface area contributed by atoms with Crippen LogP contribution in [-0.4, -0.2) is 65.9 Å². The molecule has 0 radical (unpaired) electrons. The zero-order valence-electron chi connectivity index (χ0n) is 18.2. The molecule has 0 aliphatic carbocycles. The smallest absolute Gasteiger partial charge is 0.221 e. The van der Waals surface area contributed by atoms with Crippen LogP contribution in [0.2, 0.25) is 0 Å². The molecule has 2 aliphatic heterocycles. The lowest BCUT2D eigenvalue weighted by atomic mass is 9.97. The fourth-order valence-corrected chi connectivity index (χ4v) is 5.38. The number of hydrogen-bond donors (Lipinski definition) is 2. The Balaban J connectivity index is 0.00000320. The number of halogens is 1. The lowest BCUT2D eigenvalue weighted by Crippen LogP contribution is -2.47. The van der Waals surface area contributed by atoms with Crippen molar-refractivity contribution in [1.29, 1.82) is 0 Å². The van der Waals surface area contributed by atoms with Crippen LogP contribution in [-0.2, 0) is 17.9 Å². The van der Waals surface area contributed by atoms with Crippen molar-refractivity contribution in [2.75, 3.05) is 39.0 Å². The summed E-state index contributed by atoms with van der Waals surface area (Å²) in [6.45, 7) is 7.82. The number of nitrogens with two attached hydrogens (primary N) is 1. The van der Waals surface area contributed by atoms with Crippen molar-refractivity contribution < 1.29 is 4.79 Å². The fraction of sp³-hybridized carbons (Fsp3) is 0.636. The van der Waals surface area contributed by atoms with E-state index >= 15 is 0 Å². The van der Waals surface area contributed by atoms with Gasteiger partial charge in [0.2, 0.25) is 5.91 Å². The highest BCUT2D eigenvalue weighted by Crippen LogP contribution is 2.21. The Labute approximate surface area is 202 Å². The van der Waals surface area contributed by atoms with Gasteiger partial charge in [0.25, 0.3) is 0 Å². The summed E-state index contributed by atoms with van der Waals surface area (Å²) in [5.74, 6) is 1.98. The van der Waals surface area contributed by atoms with E-state index in [4.69, 9.17) is 5.73 Å². The van der Waals surface area contributed by atoms with E-state index in [1.807, 2.05) is 7.05 Å². The predicted molar refractivity (Wildman–Crippen MR) is 137 cm³/mol. The van der Waals surface area contributed by atoms with Gasteiger partial charge in [-0.3, -0.25) is 14.7 Å². The standard InChI is InChI=1S/C22H35N5OS.HI/c1-3-20-16-27(10-11-29-20)22(24-2)25-13-17-6-4-7-18(12-17)14-26-9-5-8-19(15-26)21(23)28;/h4,6-7,12,19-20H,3,5,8-11,13-16H2,1-2H3,(H2,23,28)(H,24,25);1H. The molecule has 3 N–H and O–H groups in total. The molecule has 6 nitrogen and oxygen atoms in total. The number of thioether (sulfide) groups is 1. The maximum absolute atomic E-state index is 11.5. The summed E-state index contributed by atoms with van der Waals surface area (Å²) in [4.78, 5) is 20.8. The molecule has 0 aromatic heterocycles. The van der Waals surface area contributed by atoms with Gasteiger partial charge in [-0.2, -0.15) is 11.8 Å². The van der Waals surface area contributed by atoms with Crippen molar-refractivity contribution in [1.82, 2.24) is 15.1 Å². The number of hydrogen-bond acceptors (Lipinski definition) is 4. The van der Waals surface area contributed by atoms with Crippen LogP contribution in [0.25, 0.3) is 0 Å². The van der Waals surface area contributed by atoms with Gasteiger partial charge >= 0.3 is 0 Å². The van der Waals surface area contributed by atoms with Crippen molar-refractivity contribution in [3.8, 4) is 0 Å². The molecule has 0 bridgehead atoms. The van der Waals surface area contributed by atoms with Gasteiger partial charge < -0.3 is 16.0 Å². The van der Waals surface area contributed by atoms with Crippen LogP contribution >= 0.6 is 35.7 Å². The number of likely N-dealkylation sites (tertiary alicyclic amines) is 1. The zero-order valence-corrected chi connectivity index (χ0v) is 21.3. The van der Waals surface area contributed by atoms with Crippen molar-refractivity contribution in [3.63, 3.8) is 0 Å². The van der Waals surface area contributed by atoms with Crippen molar-refractivity contribution >= 4 is 47.6 Å². The van der Waals surface area contributed by atoms with Gasteiger partial charge in [-0.15, -0.1) is 24.0 Å². The number of carbonyl (C=O) groups is 1. The van der Waals surface area contributed by atoms with Crippen LogP contribution in [0, 0.1) is 5.92 Å². The van der Waals surface area contributed by atoms with E-state index in [0.717, 1.165) is 63.8 Å². The maximum atomic E-state index is 11.5. The summed E-state index contributed by atoms with van der Waals surface area (Å²) in [6.07, 6.45) is 3.16. The molecule has 2 aliphatic rings. The molecular weight excluding hydrogens is 509 g/mol. The zero-order chi connectivity index (χ0) is 20.6. The number of primary amides is 1. The van der Waals surface area contributed by atoms with E-state index < -0.39 is 0 Å². The minimum absolute atomic E-state index is 0. The summed E-state index contributed by atoms with van der Waals surface area (Å²) in [7, 11) is 1.87. The van der Waals surface area contributed by atoms with E-state index in [-0.39, 0.29) is 35.8 Å². The third-order valence-electron chi connectivity index (χ3n) is 5.86. The molecule has 2 atom stereocenters. The van der Waals surface area contributed by atoms with E-state index in [1.165, 1.54) is 17.5 Å². The summed E-state index contributed by atoms with van der Waals surface area (Å²) in [6, 6.07) is 8.71. The van der Waals surface area contributed by atoms with Gasteiger partial charge in [0.1, 0.15) is 0 Å². The van der Waals surface area contributed by atoms with Crippen molar-refractivity contribution in [2.45, 2.75) is 44.5 Å². The number of benzene rings is 1. The molecule has 0 saturated carbocycles. The summed E-state index contributed by atoms with van der Waals surface area (Å²) >= 11 is 2.07. The van der Waals surface area contributed by atoms with Gasteiger partial charge in [-0.1, -0.05) is 31.2 Å². The van der Waals surface area contributed by atoms with Gasteiger partial charge in [-0.25, -0.2) is 0 Å². The summed E-state index contributed by atoms with van der Waals surface area (Å²) < 4.78 is 0. The molecule has 3 rings (SSSR count). The Morgan fingerprint density at radius 2 is 2.10 bits per heavy atom. The number of nitrogens with one attached hydrogen (secondary N) is 1. The second kappa shape index (κ2) is 12.8. The van der Waals surface area contributed by atoms with E-state index in [1.54, 1.807) is 0 Å². The van der Waals surface area contributed by atoms with Crippen LogP contribution in [0.5, 0.6) is 0 Å². The Hall–Kier alpha value is -1.000. The number of piperidine rings is 1. The quantitative estimate of drug-likeness (QED) is 0.327. The number of amides is 1. The fourth-order valence-electron chi connectivity index (χ4n) is 4.20. The number of nitrogens with zero attached hydrogens (tertiary/aromatic N) is 3. The highest BCUT2D eigenvalue weighted by atomic mass is 127. The van der Waals surface area contributed by atoms with E-state index in [9.17, 15) is 4.79 Å². The lowest BCUT2D eigenvalue weighted by molar-refractivity contribution is -0.123. The van der Waals surface area contributed by atoms with Crippen LogP contribution in [0.15, 0.2) is 29.3 Å². The van der Waals surface area contributed by atoms with E-state index in [2.05, 4.69) is 63.1 Å². The molecule has 168 valence electrons. The highest BCUT2D eigenvalue weighted by molar-refractivity contribution is 14.0. The highest BCUT2D eigenvalue weighted by Gasteiger charge is 2.24. The van der Waals surface area contributed by atoms with Crippen LogP contribution in [0.1, 0.15) is 37.3 Å². The molecule has 1 amide bonds. The normalized spacial score (nSPS) is 23.0. The summed E-state index contributed by atoms with van der Waals surface area (Å²) in [5, 5.41) is 4.24. The van der Waals surface area contributed by atoms with Crippen LogP contribution in [0.3, 0.4) is 0 Å².